The molecule has 2 aromatic rings. The predicted octanol–water partition coefficient (Wildman–Crippen LogP) is 3.08. The van der Waals surface area contributed by atoms with E-state index in [1.165, 1.54) is 18.2 Å². The molecular weight excluding hydrogens is 370 g/mol. The van der Waals surface area contributed by atoms with Crippen molar-refractivity contribution in [3.63, 3.8) is 0 Å². The second-order valence-electron chi connectivity index (χ2n) is 6.18. The van der Waals surface area contributed by atoms with Gasteiger partial charge in [0, 0.05) is 30.4 Å². The third-order valence-electron chi connectivity index (χ3n) is 4.41. The Hall–Kier alpha value is -2.94. The minimum Gasteiger partial charge on any atom is -0.312 e. The molecule has 0 radical (unpaired) electrons. The molecule has 142 valence electrons. The quantitative estimate of drug-likeness (QED) is 0.624. The highest BCUT2D eigenvalue weighted by Gasteiger charge is 2.26. The van der Waals surface area contributed by atoms with E-state index in [0.717, 1.165) is 30.2 Å². The van der Waals surface area contributed by atoms with Crippen LogP contribution in [0.1, 0.15) is 25.3 Å². The Bertz CT molecular complexity index is 1000. The van der Waals surface area contributed by atoms with Crippen LogP contribution in [0.4, 0.5) is 17.1 Å². The standard InChI is InChI=1S/C18H19N3O5S/c1-2-18(22)20-11-5-6-13-12-14(9-10-15(13)20)19-27(25,26)17-8-4-3-7-16(17)21(23)24/h3-4,7-10,12,19H,2,5-6,11H2,1H3. The van der Waals surface area contributed by atoms with Gasteiger partial charge in [0.15, 0.2) is 4.90 Å². The van der Waals surface area contributed by atoms with Crippen molar-refractivity contribution in [3.8, 4) is 0 Å². The molecule has 0 aliphatic carbocycles. The van der Waals surface area contributed by atoms with E-state index in [9.17, 15) is 23.3 Å². The number of hydrogen-bond acceptors (Lipinski definition) is 5. The number of nitro groups is 1. The van der Waals surface area contributed by atoms with Gasteiger partial charge < -0.3 is 4.90 Å². The van der Waals surface area contributed by atoms with Gasteiger partial charge in [-0.05, 0) is 42.7 Å². The lowest BCUT2D eigenvalue weighted by molar-refractivity contribution is -0.387. The van der Waals surface area contributed by atoms with Crippen molar-refractivity contribution in [2.45, 2.75) is 31.1 Å². The number of benzene rings is 2. The van der Waals surface area contributed by atoms with Crippen LogP contribution in [0.2, 0.25) is 0 Å². The molecule has 1 N–H and O–H groups in total. The average molecular weight is 389 g/mol. The van der Waals surface area contributed by atoms with Crippen molar-refractivity contribution in [3.05, 3.63) is 58.1 Å². The number of hydrogen-bond donors (Lipinski definition) is 1. The van der Waals surface area contributed by atoms with Gasteiger partial charge in [0.25, 0.3) is 15.7 Å². The fourth-order valence-electron chi connectivity index (χ4n) is 3.16. The van der Waals surface area contributed by atoms with Crippen LogP contribution >= 0.6 is 0 Å². The maximum absolute atomic E-state index is 12.6. The number of aryl methyl sites for hydroxylation is 1. The third kappa shape index (κ3) is 3.77. The lowest BCUT2D eigenvalue weighted by atomic mass is 10.0. The summed E-state index contributed by atoms with van der Waals surface area (Å²) in [5, 5.41) is 11.1. The Balaban J connectivity index is 1.93. The molecule has 27 heavy (non-hydrogen) atoms. The number of rotatable bonds is 5. The summed E-state index contributed by atoms with van der Waals surface area (Å²) in [6.07, 6.45) is 1.91. The maximum Gasteiger partial charge on any atom is 0.289 e. The van der Waals surface area contributed by atoms with Crippen molar-refractivity contribution in [2.75, 3.05) is 16.2 Å². The van der Waals surface area contributed by atoms with E-state index in [-0.39, 0.29) is 5.91 Å². The largest absolute Gasteiger partial charge is 0.312 e. The number of sulfonamides is 1. The molecule has 1 amide bonds. The summed E-state index contributed by atoms with van der Waals surface area (Å²) in [5.41, 5.74) is 1.47. The van der Waals surface area contributed by atoms with E-state index in [4.69, 9.17) is 0 Å². The summed E-state index contributed by atoms with van der Waals surface area (Å²) >= 11 is 0. The van der Waals surface area contributed by atoms with Crippen molar-refractivity contribution >= 4 is 33.0 Å². The highest BCUT2D eigenvalue weighted by Crippen LogP contribution is 2.32. The van der Waals surface area contributed by atoms with Crippen LogP contribution < -0.4 is 9.62 Å². The zero-order valence-electron chi connectivity index (χ0n) is 14.7. The smallest absolute Gasteiger partial charge is 0.289 e. The van der Waals surface area contributed by atoms with E-state index >= 15 is 0 Å². The Morgan fingerprint density at radius 2 is 2.00 bits per heavy atom. The molecular formula is C18H19N3O5S. The Morgan fingerprint density at radius 3 is 2.70 bits per heavy atom. The van der Waals surface area contributed by atoms with Gasteiger partial charge in [-0.25, -0.2) is 8.42 Å². The molecule has 0 aromatic heterocycles. The van der Waals surface area contributed by atoms with Crippen LogP contribution in [0.25, 0.3) is 0 Å². The van der Waals surface area contributed by atoms with Gasteiger partial charge in [-0.3, -0.25) is 19.6 Å². The first kappa shape index (κ1) is 18.8. The zero-order valence-corrected chi connectivity index (χ0v) is 15.5. The molecule has 0 unspecified atom stereocenters. The Labute approximate surface area is 157 Å². The van der Waals surface area contributed by atoms with E-state index < -0.39 is 25.5 Å². The second-order valence-corrected chi connectivity index (χ2v) is 7.83. The summed E-state index contributed by atoms with van der Waals surface area (Å²) in [6, 6.07) is 10.1. The minimum atomic E-state index is -4.12. The molecule has 9 heteroatoms. The minimum absolute atomic E-state index is 0.0178. The van der Waals surface area contributed by atoms with Crippen LogP contribution in [0.3, 0.4) is 0 Å². The molecule has 8 nitrogen and oxygen atoms in total. The first-order valence-corrected chi connectivity index (χ1v) is 10.0. The number of anilines is 2. The lowest BCUT2D eigenvalue weighted by Gasteiger charge is -2.29. The topological polar surface area (TPSA) is 110 Å². The van der Waals surface area contributed by atoms with E-state index in [1.807, 2.05) is 0 Å². The summed E-state index contributed by atoms with van der Waals surface area (Å²) in [5.74, 6) is 0.0178. The van der Waals surface area contributed by atoms with Crippen molar-refractivity contribution in [1.82, 2.24) is 0 Å². The molecule has 0 fully saturated rings. The van der Waals surface area contributed by atoms with Gasteiger partial charge in [0.05, 0.1) is 4.92 Å². The van der Waals surface area contributed by atoms with E-state index in [1.54, 1.807) is 30.0 Å². The van der Waals surface area contributed by atoms with Gasteiger partial charge in [0.1, 0.15) is 0 Å². The number of nitrogens with zero attached hydrogens (tertiary/aromatic N) is 2. The summed E-state index contributed by atoms with van der Waals surface area (Å²) in [7, 11) is -4.12. The third-order valence-corrected chi connectivity index (χ3v) is 5.83. The number of carbonyl (C=O) groups excluding carboxylic acids is 1. The second kappa shape index (κ2) is 7.36. The van der Waals surface area contributed by atoms with Crippen LogP contribution in [0, 0.1) is 10.1 Å². The van der Waals surface area contributed by atoms with Crippen LogP contribution in [0.15, 0.2) is 47.4 Å². The fourth-order valence-corrected chi connectivity index (χ4v) is 4.38. The molecule has 0 saturated heterocycles. The number of amides is 1. The zero-order chi connectivity index (χ0) is 19.6. The molecule has 0 saturated carbocycles. The molecule has 1 heterocycles. The van der Waals surface area contributed by atoms with Gasteiger partial charge in [-0.2, -0.15) is 0 Å². The van der Waals surface area contributed by atoms with Gasteiger partial charge in [0.2, 0.25) is 5.91 Å². The van der Waals surface area contributed by atoms with Crippen molar-refractivity contribution in [1.29, 1.82) is 0 Å². The fraction of sp³-hybridized carbons (Fsp3) is 0.278. The molecule has 2 aromatic carbocycles. The molecule has 0 bridgehead atoms. The van der Waals surface area contributed by atoms with E-state index in [0.29, 0.717) is 18.7 Å². The highest BCUT2D eigenvalue weighted by atomic mass is 32.2. The van der Waals surface area contributed by atoms with Crippen molar-refractivity contribution in [2.24, 2.45) is 0 Å². The van der Waals surface area contributed by atoms with Crippen LogP contribution in [-0.4, -0.2) is 25.8 Å². The summed E-state index contributed by atoms with van der Waals surface area (Å²) in [4.78, 5) is 23.8. The molecule has 0 atom stereocenters. The summed E-state index contributed by atoms with van der Waals surface area (Å²) in [6.45, 7) is 2.44. The molecule has 1 aliphatic rings. The van der Waals surface area contributed by atoms with Crippen LogP contribution in [-0.2, 0) is 21.2 Å². The first-order chi connectivity index (χ1) is 12.8. The molecule has 0 spiro atoms. The van der Waals surface area contributed by atoms with Gasteiger partial charge in [-0.15, -0.1) is 0 Å². The Morgan fingerprint density at radius 1 is 1.26 bits per heavy atom. The highest BCUT2D eigenvalue weighted by molar-refractivity contribution is 7.92. The predicted molar refractivity (Wildman–Crippen MR) is 101 cm³/mol. The van der Waals surface area contributed by atoms with Gasteiger partial charge >= 0.3 is 0 Å². The SMILES string of the molecule is CCC(=O)N1CCCc2cc(NS(=O)(=O)c3ccccc3[N+](=O)[O-])ccc21. The van der Waals surface area contributed by atoms with E-state index in [2.05, 4.69) is 4.72 Å². The number of fused-ring (bicyclic) bond motifs is 1. The first-order valence-electron chi connectivity index (χ1n) is 8.53. The lowest BCUT2D eigenvalue weighted by Crippen LogP contribution is -2.34. The Kier molecular flexibility index (Phi) is 5.13. The molecule has 1 aliphatic heterocycles. The van der Waals surface area contributed by atoms with Crippen LogP contribution in [0.5, 0.6) is 0 Å². The monoisotopic (exact) mass is 389 g/mol. The normalized spacial score (nSPS) is 13.7. The summed E-state index contributed by atoms with van der Waals surface area (Å²) < 4.78 is 27.7. The maximum atomic E-state index is 12.6. The van der Waals surface area contributed by atoms with Gasteiger partial charge in [-0.1, -0.05) is 19.1 Å². The number of nitrogens with one attached hydrogen (secondary N) is 1. The number of para-hydroxylation sites is 1. The number of nitro benzene ring substituents is 1. The molecule has 3 rings (SSSR count). The van der Waals surface area contributed by atoms with Crippen molar-refractivity contribution < 1.29 is 18.1 Å². The average Bonchev–Trinajstić information content (AvgIpc) is 2.66. The number of carbonyl (C=O) groups is 1.